The van der Waals surface area contributed by atoms with Crippen LogP contribution < -0.4 is 0 Å². The largest absolute Gasteiger partial charge is 0.298 e. The van der Waals surface area contributed by atoms with E-state index in [1.165, 1.54) is 17.2 Å². The van der Waals surface area contributed by atoms with Gasteiger partial charge in [-0.2, -0.15) is 5.10 Å². The van der Waals surface area contributed by atoms with Gasteiger partial charge in [0.25, 0.3) is 0 Å². The van der Waals surface area contributed by atoms with Gasteiger partial charge in [0.05, 0.1) is 6.20 Å². The third-order valence-corrected chi connectivity index (χ3v) is 4.55. The van der Waals surface area contributed by atoms with Crippen molar-refractivity contribution in [2.24, 2.45) is 7.05 Å². The molecule has 0 amide bonds. The molecule has 0 spiro atoms. The van der Waals surface area contributed by atoms with Gasteiger partial charge in [0.2, 0.25) is 0 Å². The maximum atomic E-state index is 13.5. The lowest BCUT2D eigenvalue weighted by Gasteiger charge is -2.22. The molecule has 0 saturated carbocycles. The number of hydrogen-bond acceptors (Lipinski definition) is 3. The van der Waals surface area contributed by atoms with Crippen molar-refractivity contribution in [2.75, 3.05) is 26.2 Å². The van der Waals surface area contributed by atoms with Crippen molar-refractivity contribution in [3.63, 3.8) is 0 Å². The van der Waals surface area contributed by atoms with Crippen LogP contribution in [0.3, 0.4) is 0 Å². The molecule has 5 heteroatoms. The number of aromatic nitrogens is 2. The highest BCUT2D eigenvalue weighted by atomic mass is 19.1. The maximum absolute atomic E-state index is 13.5. The molecule has 1 saturated heterocycles. The summed E-state index contributed by atoms with van der Waals surface area (Å²) in [5.74, 6) is -0.140. The molecule has 1 aromatic heterocycles. The Bertz CT molecular complexity index is 652. The first-order valence-electron chi connectivity index (χ1n) is 8.27. The van der Waals surface area contributed by atoms with Crippen LogP contribution in [0.25, 0.3) is 0 Å². The fourth-order valence-corrected chi connectivity index (χ4v) is 3.20. The van der Waals surface area contributed by atoms with Gasteiger partial charge in [-0.1, -0.05) is 6.07 Å². The topological polar surface area (TPSA) is 24.3 Å². The van der Waals surface area contributed by atoms with Gasteiger partial charge in [-0.15, -0.1) is 0 Å². The SMILES string of the molecule is Cc1ccc(F)cc1CN1CCCN(Cc2cnn(C)c2)CC1. The third-order valence-electron chi connectivity index (χ3n) is 4.55. The van der Waals surface area contributed by atoms with Gasteiger partial charge in [0, 0.05) is 45.0 Å². The van der Waals surface area contributed by atoms with E-state index < -0.39 is 0 Å². The van der Waals surface area contributed by atoms with Crippen LogP contribution in [0.4, 0.5) is 4.39 Å². The molecular weight excluding hydrogens is 291 g/mol. The molecule has 2 heterocycles. The molecule has 1 aliphatic rings. The summed E-state index contributed by atoms with van der Waals surface area (Å²) in [4.78, 5) is 4.92. The van der Waals surface area contributed by atoms with E-state index in [-0.39, 0.29) is 5.82 Å². The highest BCUT2D eigenvalue weighted by Crippen LogP contribution is 2.15. The van der Waals surface area contributed by atoms with Crippen LogP contribution in [0.5, 0.6) is 0 Å². The Hall–Kier alpha value is -1.72. The molecule has 0 atom stereocenters. The summed E-state index contributed by atoms with van der Waals surface area (Å²) in [7, 11) is 1.95. The van der Waals surface area contributed by atoms with E-state index in [1.807, 2.05) is 24.0 Å². The standard InChI is InChI=1S/C18H25FN4/c1-15-4-5-18(19)10-17(15)14-23-7-3-6-22(8-9-23)13-16-11-20-21(2)12-16/h4-5,10-12H,3,6-9,13-14H2,1-2H3. The Morgan fingerprint density at radius 1 is 1.09 bits per heavy atom. The van der Waals surface area contributed by atoms with Crippen molar-refractivity contribution in [3.05, 3.63) is 53.1 Å². The first-order chi connectivity index (χ1) is 11.1. The molecule has 0 radical (unpaired) electrons. The van der Waals surface area contributed by atoms with Gasteiger partial charge < -0.3 is 0 Å². The number of benzene rings is 1. The van der Waals surface area contributed by atoms with Crippen LogP contribution in [0.1, 0.15) is 23.1 Å². The monoisotopic (exact) mass is 316 g/mol. The molecule has 3 rings (SSSR count). The Morgan fingerprint density at radius 3 is 2.52 bits per heavy atom. The van der Waals surface area contributed by atoms with Crippen molar-refractivity contribution in [1.29, 1.82) is 0 Å². The molecule has 23 heavy (non-hydrogen) atoms. The van der Waals surface area contributed by atoms with E-state index >= 15 is 0 Å². The smallest absolute Gasteiger partial charge is 0.123 e. The van der Waals surface area contributed by atoms with E-state index in [9.17, 15) is 4.39 Å². The fraction of sp³-hybridized carbons (Fsp3) is 0.500. The molecule has 1 aromatic carbocycles. The Morgan fingerprint density at radius 2 is 1.83 bits per heavy atom. The van der Waals surface area contributed by atoms with Crippen LogP contribution in [-0.2, 0) is 20.1 Å². The van der Waals surface area contributed by atoms with Gasteiger partial charge in [0.15, 0.2) is 0 Å². The molecule has 0 aliphatic carbocycles. The fourth-order valence-electron chi connectivity index (χ4n) is 3.20. The summed E-state index contributed by atoms with van der Waals surface area (Å²) < 4.78 is 15.3. The average molecular weight is 316 g/mol. The zero-order valence-corrected chi connectivity index (χ0v) is 14.0. The highest BCUT2D eigenvalue weighted by Gasteiger charge is 2.16. The van der Waals surface area contributed by atoms with Crippen LogP contribution in [0.2, 0.25) is 0 Å². The van der Waals surface area contributed by atoms with Crippen molar-refractivity contribution in [2.45, 2.75) is 26.4 Å². The quantitative estimate of drug-likeness (QED) is 0.866. The Labute approximate surface area is 137 Å². The summed E-state index contributed by atoms with van der Waals surface area (Å²) in [5.41, 5.74) is 3.54. The van der Waals surface area contributed by atoms with Gasteiger partial charge >= 0.3 is 0 Å². The van der Waals surface area contributed by atoms with E-state index in [2.05, 4.69) is 28.0 Å². The second-order valence-electron chi connectivity index (χ2n) is 6.50. The van der Waals surface area contributed by atoms with Gasteiger partial charge in [0.1, 0.15) is 5.82 Å². The minimum Gasteiger partial charge on any atom is -0.298 e. The molecule has 1 aliphatic heterocycles. The molecule has 1 fully saturated rings. The van der Waals surface area contributed by atoms with Gasteiger partial charge in [-0.05, 0) is 49.7 Å². The van der Waals surface area contributed by atoms with Crippen molar-refractivity contribution >= 4 is 0 Å². The lowest BCUT2D eigenvalue weighted by molar-refractivity contribution is 0.246. The minimum atomic E-state index is -0.140. The predicted molar refractivity (Wildman–Crippen MR) is 89.5 cm³/mol. The molecule has 0 unspecified atom stereocenters. The predicted octanol–water partition coefficient (Wildman–Crippen LogP) is 2.58. The van der Waals surface area contributed by atoms with Crippen LogP contribution in [0.15, 0.2) is 30.6 Å². The summed E-state index contributed by atoms with van der Waals surface area (Å²) in [5, 5.41) is 4.24. The van der Waals surface area contributed by atoms with E-state index in [4.69, 9.17) is 0 Å². The van der Waals surface area contributed by atoms with E-state index in [0.29, 0.717) is 0 Å². The number of hydrogen-bond donors (Lipinski definition) is 0. The molecule has 124 valence electrons. The van der Waals surface area contributed by atoms with Gasteiger partial charge in [-0.3, -0.25) is 14.5 Å². The second-order valence-corrected chi connectivity index (χ2v) is 6.50. The average Bonchev–Trinajstić information content (AvgIpc) is 2.79. The first-order valence-corrected chi connectivity index (χ1v) is 8.27. The molecular formula is C18H25FN4. The number of halogens is 1. The van der Waals surface area contributed by atoms with Crippen LogP contribution in [-0.4, -0.2) is 45.8 Å². The van der Waals surface area contributed by atoms with Crippen molar-refractivity contribution < 1.29 is 4.39 Å². The second kappa shape index (κ2) is 7.23. The normalized spacial score (nSPS) is 17.3. The van der Waals surface area contributed by atoms with Crippen molar-refractivity contribution in [3.8, 4) is 0 Å². The van der Waals surface area contributed by atoms with E-state index in [1.54, 1.807) is 6.07 Å². The summed E-state index contributed by atoms with van der Waals surface area (Å²) in [6, 6.07) is 5.09. The Kier molecular flexibility index (Phi) is 5.08. The zero-order valence-electron chi connectivity index (χ0n) is 14.0. The first kappa shape index (κ1) is 16.1. The summed E-state index contributed by atoms with van der Waals surface area (Å²) >= 11 is 0. The molecule has 0 N–H and O–H groups in total. The molecule has 2 aromatic rings. The number of rotatable bonds is 4. The van der Waals surface area contributed by atoms with E-state index in [0.717, 1.165) is 51.3 Å². The number of aryl methyl sites for hydroxylation is 2. The Balaban J connectivity index is 1.56. The lowest BCUT2D eigenvalue weighted by Crippen LogP contribution is -2.30. The zero-order chi connectivity index (χ0) is 16.2. The third kappa shape index (κ3) is 4.39. The summed E-state index contributed by atoms with van der Waals surface area (Å²) in [6.07, 6.45) is 5.17. The maximum Gasteiger partial charge on any atom is 0.123 e. The van der Waals surface area contributed by atoms with Crippen LogP contribution in [0, 0.1) is 12.7 Å². The van der Waals surface area contributed by atoms with Crippen molar-refractivity contribution in [1.82, 2.24) is 19.6 Å². The van der Waals surface area contributed by atoms with Crippen LogP contribution >= 0.6 is 0 Å². The number of nitrogens with zero attached hydrogens (tertiary/aromatic N) is 4. The summed E-state index contributed by atoms with van der Waals surface area (Å²) in [6.45, 7) is 8.10. The molecule has 0 bridgehead atoms. The van der Waals surface area contributed by atoms with Gasteiger partial charge in [-0.25, -0.2) is 4.39 Å². The highest BCUT2D eigenvalue weighted by molar-refractivity contribution is 5.26. The molecule has 4 nitrogen and oxygen atoms in total. The lowest BCUT2D eigenvalue weighted by atomic mass is 10.1. The minimum absolute atomic E-state index is 0.140.